The molecule has 2 atom stereocenters. The highest BCUT2D eigenvalue weighted by atomic mass is 16.6. The topological polar surface area (TPSA) is 61.9 Å². The summed E-state index contributed by atoms with van der Waals surface area (Å²) in [6.45, 7) is 12.9. The third-order valence-electron chi connectivity index (χ3n) is 5.53. The second kappa shape index (κ2) is 8.88. The molecule has 0 aromatic rings. The van der Waals surface area contributed by atoms with E-state index < -0.39 is 0 Å². The van der Waals surface area contributed by atoms with E-state index >= 15 is 0 Å². The zero-order valence-corrected chi connectivity index (χ0v) is 16.3. The number of hydrogen-bond acceptors (Lipinski definition) is 4. The van der Waals surface area contributed by atoms with Crippen molar-refractivity contribution in [2.45, 2.75) is 58.9 Å². The molecule has 2 rings (SSSR count). The van der Waals surface area contributed by atoms with Gasteiger partial charge >= 0.3 is 6.09 Å². The molecule has 2 heterocycles. The quantitative estimate of drug-likeness (QED) is 0.825. The largest absolute Gasteiger partial charge is 0.450 e. The number of piperidine rings is 2. The molecule has 2 aliphatic rings. The minimum Gasteiger partial charge on any atom is -0.450 e. The standard InChI is InChI=1S/C19H35N3O3/c1-5-25-18(24)21-10-7-9-16(13-21)17(23)20-14-19(3,4)22-11-6-8-15(2)12-22/h15-16H,5-14H2,1-4H3,(H,20,23). The molecule has 6 nitrogen and oxygen atoms in total. The Balaban J connectivity index is 1.83. The fraction of sp³-hybridized carbons (Fsp3) is 0.895. The number of amides is 2. The molecule has 2 unspecified atom stereocenters. The van der Waals surface area contributed by atoms with Gasteiger partial charge in [0.2, 0.25) is 5.91 Å². The van der Waals surface area contributed by atoms with Crippen LogP contribution in [0.4, 0.5) is 4.79 Å². The van der Waals surface area contributed by atoms with Crippen molar-refractivity contribution in [3.63, 3.8) is 0 Å². The maximum absolute atomic E-state index is 12.6. The minimum absolute atomic E-state index is 0.0418. The molecule has 144 valence electrons. The number of hydrogen-bond donors (Lipinski definition) is 1. The zero-order chi connectivity index (χ0) is 18.4. The van der Waals surface area contributed by atoms with Crippen molar-refractivity contribution in [2.75, 3.05) is 39.3 Å². The number of carbonyl (C=O) groups is 2. The minimum atomic E-state index is -0.303. The van der Waals surface area contributed by atoms with E-state index in [1.54, 1.807) is 11.8 Å². The van der Waals surface area contributed by atoms with Crippen LogP contribution in [0.1, 0.15) is 53.4 Å². The van der Waals surface area contributed by atoms with Gasteiger partial charge < -0.3 is 15.0 Å². The van der Waals surface area contributed by atoms with E-state index in [1.165, 1.54) is 12.8 Å². The molecule has 0 radical (unpaired) electrons. The lowest BCUT2D eigenvalue weighted by molar-refractivity contribution is -0.127. The molecule has 0 bridgehead atoms. The smallest absolute Gasteiger partial charge is 0.409 e. The first-order valence-electron chi connectivity index (χ1n) is 9.78. The fourth-order valence-corrected chi connectivity index (χ4v) is 3.87. The Morgan fingerprint density at radius 2 is 1.88 bits per heavy atom. The number of likely N-dealkylation sites (tertiary alicyclic amines) is 2. The Morgan fingerprint density at radius 1 is 1.16 bits per heavy atom. The monoisotopic (exact) mass is 353 g/mol. The Hall–Kier alpha value is -1.30. The van der Waals surface area contributed by atoms with Gasteiger partial charge in [0, 0.05) is 31.7 Å². The Bertz CT molecular complexity index is 467. The summed E-state index contributed by atoms with van der Waals surface area (Å²) in [6.07, 6.45) is 3.91. The fourth-order valence-electron chi connectivity index (χ4n) is 3.87. The summed E-state index contributed by atoms with van der Waals surface area (Å²) < 4.78 is 5.06. The van der Waals surface area contributed by atoms with Gasteiger partial charge in [-0.1, -0.05) is 6.92 Å². The van der Waals surface area contributed by atoms with Crippen LogP contribution >= 0.6 is 0 Å². The zero-order valence-electron chi connectivity index (χ0n) is 16.3. The maximum Gasteiger partial charge on any atom is 0.409 e. The van der Waals surface area contributed by atoms with Gasteiger partial charge in [-0.25, -0.2) is 4.79 Å². The van der Waals surface area contributed by atoms with Crippen LogP contribution in [-0.2, 0) is 9.53 Å². The lowest BCUT2D eigenvalue weighted by atomic mass is 9.93. The second-order valence-corrected chi connectivity index (χ2v) is 8.21. The molecule has 6 heteroatoms. The molecule has 0 aliphatic carbocycles. The van der Waals surface area contributed by atoms with Crippen molar-refractivity contribution in [2.24, 2.45) is 11.8 Å². The number of carbonyl (C=O) groups excluding carboxylic acids is 2. The van der Waals surface area contributed by atoms with Gasteiger partial charge in [0.15, 0.2) is 0 Å². The first-order chi connectivity index (χ1) is 11.8. The highest BCUT2D eigenvalue weighted by Gasteiger charge is 2.33. The van der Waals surface area contributed by atoms with E-state index in [0.717, 1.165) is 31.8 Å². The van der Waals surface area contributed by atoms with Crippen LogP contribution in [0.15, 0.2) is 0 Å². The predicted molar refractivity (Wildman–Crippen MR) is 98.4 cm³/mol. The average molecular weight is 354 g/mol. The third-order valence-corrected chi connectivity index (χ3v) is 5.53. The summed E-state index contributed by atoms with van der Waals surface area (Å²) in [5, 5.41) is 3.14. The van der Waals surface area contributed by atoms with Gasteiger partial charge in [0.05, 0.1) is 12.5 Å². The second-order valence-electron chi connectivity index (χ2n) is 8.21. The highest BCUT2D eigenvalue weighted by Crippen LogP contribution is 2.24. The molecule has 0 aromatic carbocycles. The van der Waals surface area contributed by atoms with Gasteiger partial charge in [0.25, 0.3) is 0 Å². The van der Waals surface area contributed by atoms with Crippen LogP contribution in [0.3, 0.4) is 0 Å². The Kier molecular flexibility index (Phi) is 7.11. The molecule has 0 saturated carbocycles. The molecule has 0 aromatic heterocycles. The molecule has 2 amide bonds. The summed E-state index contributed by atoms with van der Waals surface area (Å²) in [4.78, 5) is 28.7. The average Bonchev–Trinajstić information content (AvgIpc) is 2.60. The summed E-state index contributed by atoms with van der Waals surface area (Å²) in [6, 6.07) is 0. The molecule has 2 fully saturated rings. The van der Waals surface area contributed by atoms with Crippen molar-refractivity contribution in [1.29, 1.82) is 0 Å². The van der Waals surface area contributed by atoms with E-state index in [4.69, 9.17) is 4.74 Å². The van der Waals surface area contributed by atoms with Crippen molar-refractivity contribution in [1.82, 2.24) is 15.1 Å². The van der Waals surface area contributed by atoms with E-state index in [-0.39, 0.29) is 23.5 Å². The van der Waals surface area contributed by atoms with Crippen LogP contribution in [0.5, 0.6) is 0 Å². The molecule has 0 spiro atoms. The van der Waals surface area contributed by atoms with Crippen LogP contribution in [-0.4, -0.2) is 66.7 Å². The lowest BCUT2D eigenvalue weighted by Crippen LogP contribution is -2.56. The van der Waals surface area contributed by atoms with Gasteiger partial charge in [0.1, 0.15) is 0 Å². The number of nitrogens with one attached hydrogen (secondary N) is 1. The molecular weight excluding hydrogens is 318 g/mol. The Labute approximate surface area is 152 Å². The maximum atomic E-state index is 12.6. The number of nitrogens with zero attached hydrogens (tertiary/aromatic N) is 2. The predicted octanol–water partition coefficient (Wildman–Crippen LogP) is 2.48. The van der Waals surface area contributed by atoms with E-state index in [0.29, 0.717) is 26.2 Å². The van der Waals surface area contributed by atoms with Gasteiger partial charge in [-0.15, -0.1) is 0 Å². The van der Waals surface area contributed by atoms with Gasteiger partial charge in [-0.05, 0) is 58.9 Å². The molecule has 2 aliphatic heterocycles. The van der Waals surface area contributed by atoms with Crippen LogP contribution in [0.2, 0.25) is 0 Å². The number of ether oxygens (including phenoxy) is 1. The summed E-state index contributed by atoms with van der Waals surface area (Å²) in [5.41, 5.74) is -0.0418. The normalized spacial score (nSPS) is 25.5. The van der Waals surface area contributed by atoms with Crippen LogP contribution < -0.4 is 5.32 Å². The van der Waals surface area contributed by atoms with Crippen molar-refractivity contribution in [3.8, 4) is 0 Å². The summed E-state index contributed by atoms with van der Waals surface area (Å²) in [7, 11) is 0. The first kappa shape index (κ1) is 20.0. The van der Waals surface area contributed by atoms with E-state index in [2.05, 4.69) is 31.0 Å². The first-order valence-corrected chi connectivity index (χ1v) is 9.78. The molecule has 1 N–H and O–H groups in total. The Morgan fingerprint density at radius 3 is 2.56 bits per heavy atom. The van der Waals surface area contributed by atoms with E-state index in [9.17, 15) is 9.59 Å². The van der Waals surface area contributed by atoms with Crippen molar-refractivity contribution < 1.29 is 14.3 Å². The lowest BCUT2D eigenvalue weighted by Gasteiger charge is -2.43. The van der Waals surface area contributed by atoms with E-state index in [1.807, 2.05) is 0 Å². The van der Waals surface area contributed by atoms with Crippen molar-refractivity contribution in [3.05, 3.63) is 0 Å². The van der Waals surface area contributed by atoms with Crippen molar-refractivity contribution >= 4 is 12.0 Å². The SMILES string of the molecule is CCOC(=O)N1CCCC(C(=O)NCC(C)(C)N2CCCC(C)C2)C1. The molecule has 25 heavy (non-hydrogen) atoms. The van der Waals surface area contributed by atoms with Gasteiger partial charge in [-0.3, -0.25) is 9.69 Å². The van der Waals surface area contributed by atoms with Gasteiger partial charge in [-0.2, -0.15) is 0 Å². The van der Waals surface area contributed by atoms with Crippen LogP contribution in [0.25, 0.3) is 0 Å². The number of rotatable bonds is 5. The molecule has 2 saturated heterocycles. The van der Waals surface area contributed by atoms with Crippen LogP contribution in [0, 0.1) is 11.8 Å². The highest BCUT2D eigenvalue weighted by molar-refractivity contribution is 5.80. The summed E-state index contributed by atoms with van der Waals surface area (Å²) in [5.74, 6) is 0.654. The molecular formula is C19H35N3O3. The summed E-state index contributed by atoms with van der Waals surface area (Å²) >= 11 is 0. The third kappa shape index (κ3) is 5.59.